The smallest absolute Gasteiger partial charge is 0.220 e. The summed E-state index contributed by atoms with van der Waals surface area (Å²) in [6.07, 6.45) is 77.3. The minimum atomic E-state index is -1.57. The molecule has 6 N–H and O–H groups in total. The zero-order chi connectivity index (χ0) is 60.0. The van der Waals surface area contributed by atoms with E-state index in [1.54, 1.807) is 6.08 Å². The van der Waals surface area contributed by atoms with Crippen LogP contribution < -0.4 is 5.32 Å². The lowest BCUT2D eigenvalue weighted by Crippen LogP contribution is -2.60. The van der Waals surface area contributed by atoms with Crippen molar-refractivity contribution in [3.8, 4) is 0 Å². The number of allylic oxidation sites excluding steroid dienone is 3. The SMILES string of the molecule is CCCCCCCCCCCCCCCC/C=C\CCCCCCCCCCCCCCCCCCCC(=O)NC(COC1OC(CO)C(O)C(O)C1O)C(O)/C=C/CCCCCCCCCCCCCCCCCCCCCCCCC. The van der Waals surface area contributed by atoms with Crippen LogP contribution >= 0.6 is 0 Å². The average Bonchev–Trinajstić information content (AvgIpc) is 3.60. The van der Waals surface area contributed by atoms with Crippen LogP contribution in [-0.4, -0.2) is 87.5 Å². The van der Waals surface area contributed by atoms with Gasteiger partial charge in [0, 0.05) is 6.42 Å². The molecule has 0 aliphatic carbocycles. The number of hydrogen-bond donors (Lipinski definition) is 6. The first kappa shape index (κ1) is 79.7. The van der Waals surface area contributed by atoms with E-state index in [9.17, 15) is 30.3 Å². The van der Waals surface area contributed by atoms with Crippen molar-refractivity contribution < 1.29 is 39.8 Å². The molecule has 492 valence electrons. The number of unbranched alkanes of at least 4 members (excludes halogenated alkanes) is 54. The summed E-state index contributed by atoms with van der Waals surface area (Å²) in [5.41, 5.74) is 0. The molecule has 0 bridgehead atoms. The molecule has 9 nitrogen and oxygen atoms in total. The molecule has 1 amide bonds. The average molecular weight is 1170 g/mol. The van der Waals surface area contributed by atoms with Gasteiger partial charge in [-0.15, -0.1) is 0 Å². The van der Waals surface area contributed by atoms with Gasteiger partial charge < -0.3 is 40.3 Å². The Morgan fingerprint density at radius 1 is 0.398 bits per heavy atom. The number of hydrogen-bond acceptors (Lipinski definition) is 8. The molecule has 0 aromatic carbocycles. The number of rotatable bonds is 66. The number of ether oxygens (including phenoxy) is 2. The van der Waals surface area contributed by atoms with Gasteiger partial charge in [0.2, 0.25) is 5.91 Å². The summed E-state index contributed by atoms with van der Waals surface area (Å²) in [7, 11) is 0. The molecule has 0 aromatic heterocycles. The molecule has 0 radical (unpaired) electrons. The Labute approximate surface area is 515 Å². The third-order valence-electron chi connectivity index (χ3n) is 18.0. The van der Waals surface area contributed by atoms with Crippen molar-refractivity contribution in [1.82, 2.24) is 5.32 Å². The maximum atomic E-state index is 13.1. The molecule has 1 saturated heterocycles. The molecule has 7 atom stereocenters. The second kappa shape index (κ2) is 63.7. The van der Waals surface area contributed by atoms with Crippen molar-refractivity contribution in [2.24, 2.45) is 0 Å². The molecule has 83 heavy (non-hydrogen) atoms. The number of carbonyl (C=O) groups excluding carboxylic acids is 1. The van der Waals surface area contributed by atoms with Gasteiger partial charge in [0.05, 0.1) is 25.4 Å². The van der Waals surface area contributed by atoms with E-state index >= 15 is 0 Å². The summed E-state index contributed by atoms with van der Waals surface area (Å²) in [6, 6.07) is -0.804. The van der Waals surface area contributed by atoms with Crippen molar-refractivity contribution in [1.29, 1.82) is 0 Å². The van der Waals surface area contributed by atoms with Gasteiger partial charge >= 0.3 is 0 Å². The van der Waals surface area contributed by atoms with Crippen LogP contribution in [0.1, 0.15) is 386 Å². The van der Waals surface area contributed by atoms with E-state index in [0.29, 0.717) is 6.42 Å². The van der Waals surface area contributed by atoms with E-state index < -0.39 is 49.5 Å². The maximum absolute atomic E-state index is 13.1. The zero-order valence-corrected chi connectivity index (χ0v) is 55.2. The fourth-order valence-corrected chi connectivity index (χ4v) is 12.2. The number of nitrogens with one attached hydrogen (secondary N) is 1. The number of aliphatic hydroxyl groups is 5. The Kier molecular flexibility index (Phi) is 61.1. The molecular formula is C74H143NO8. The van der Waals surface area contributed by atoms with Crippen molar-refractivity contribution in [3.63, 3.8) is 0 Å². The largest absolute Gasteiger partial charge is 0.394 e. The Balaban J connectivity index is 2.08. The fourth-order valence-electron chi connectivity index (χ4n) is 12.2. The van der Waals surface area contributed by atoms with Crippen LogP contribution in [0.25, 0.3) is 0 Å². The van der Waals surface area contributed by atoms with Crippen molar-refractivity contribution in [2.75, 3.05) is 13.2 Å². The first-order chi connectivity index (χ1) is 40.8. The van der Waals surface area contributed by atoms with E-state index in [1.807, 2.05) is 6.08 Å². The summed E-state index contributed by atoms with van der Waals surface area (Å²) in [4.78, 5) is 13.1. The van der Waals surface area contributed by atoms with E-state index in [1.165, 1.54) is 327 Å². The van der Waals surface area contributed by atoms with Gasteiger partial charge in [-0.25, -0.2) is 0 Å². The summed E-state index contributed by atoms with van der Waals surface area (Å²) in [5, 5.41) is 54.8. The predicted molar refractivity (Wildman–Crippen MR) is 355 cm³/mol. The molecule has 7 unspecified atom stereocenters. The third kappa shape index (κ3) is 52.3. The molecular weight excluding hydrogens is 1030 g/mol. The van der Waals surface area contributed by atoms with Crippen LogP contribution in [0.15, 0.2) is 24.3 Å². The predicted octanol–water partition coefficient (Wildman–Crippen LogP) is 20.4. The highest BCUT2D eigenvalue weighted by Gasteiger charge is 2.44. The minimum Gasteiger partial charge on any atom is -0.394 e. The topological polar surface area (TPSA) is 149 Å². The van der Waals surface area contributed by atoms with E-state index in [2.05, 4.69) is 31.3 Å². The summed E-state index contributed by atoms with van der Waals surface area (Å²) < 4.78 is 11.3. The van der Waals surface area contributed by atoms with Gasteiger partial charge in [-0.2, -0.15) is 0 Å². The van der Waals surface area contributed by atoms with Gasteiger partial charge in [-0.1, -0.05) is 359 Å². The Morgan fingerprint density at radius 2 is 0.675 bits per heavy atom. The molecule has 0 spiro atoms. The van der Waals surface area contributed by atoms with Crippen LogP contribution in [-0.2, 0) is 14.3 Å². The first-order valence-corrected chi connectivity index (χ1v) is 37.1. The molecule has 0 saturated carbocycles. The van der Waals surface area contributed by atoms with Gasteiger partial charge in [-0.3, -0.25) is 4.79 Å². The molecule has 1 heterocycles. The lowest BCUT2D eigenvalue weighted by Gasteiger charge is -2.40. The van der Waals surface area contributed by atoms with Gasteiger partial charge in [-0.05, 0) is 44.9 Å². The normalized spacial score (nSPS) is 18.3. The highest BCUT2D eigenvalue weighted by Crippen LogP contribution is 2.24. The highest BCUT2D eigenvalue weighted by atomic mass is 16.7. The number of amides is 1. The summed E-state index contributed by atoms with van der Waals surface area (Å²) in [5.74, 6) is -0.168. The van der Waals surface area contributed by atoms with Crippen LogP contribution in [0, 0.1) is 0 Å². The monoisotopic (exact) mass is 1170 g/mol. The van der Waals surface area contributed by atoms with Gasteiger partial charge in [0.1, 0.15) is 24.4 Å². The Morgan fingerprint density at radius 3 is 0.976 bits per heavy atom. The van der Waals surface area contributed by atoms with Gasteiger partial charge in [0.25, 0.3) is 0 Å². The minimum absolute atomic E-state index is 0.168. The van der Waals surface area contributed by atoms with Crippen LogP contribution in [0.3, 0.4) is 0 Å². The molecule has 0 aromatic rings. The molecule has 1 fully saturated rings. The van der Waals surface area contributed by atoms with Crippen LogP contribution in [0.4, 0.5) is 0 Å². The first-order valence-electron chi connectivity index (χ1n) is 37.1. The summed E-state index contributed by atoms with van der Waals surface area (Å²) in [6.45, 7) is 3.84. The van der Waals surface area contributed by atoms with Gasteiger partial charge in [0.15, 0.2) is 6.29 Å². The third-order valence-corrected chi connectivity index (χ3v) is 18.0. The maximum Gasteiger partial charge on any atom is 0.220 e. The van der Waals surface area contributed by atoms with E-state index in [-0.39, 0.29) is 12.5 Å². The second-order valence-corrected chi connectivity index (χ2v) is 26.1. The lowest BCUT2D eigenvalue weighted by molar-refractivity contribution is -0.302. The van der Waals surface area contributed by atoms with Crippen LogP contribution in [0.5, 0.6) is 0 Å². The fraction of sp³-hybridized carbons (Fsp3) is 0.932. The van der Waals surface area contributed by atoms with Crippen molar-refractivity contribution >= 4 is 5.91 Å². The number of aliphatic hydroxyl groups excluding tert-OH is 5. The molecule has 1 rings (SSSR count). The van der Waals surface area contributed by atoms with Crippen molar-refractivity contribution in [2.45, 2.75) is 429 Å². The molecule has 1 aliphatic heterocycles. The quantitative estimate of drug-likeness (QED) is 0.0261. The highest BCUT2D eigenvalue weighted by molar-refractivity contribution is 5.76. The molecule has 9 heteroatoms. The van der Waals surface area contributed by atoms with E-state index in [4.69, 9.17) is 9.47 Å². The lowest BCUT2D eigenvalue weighted by atomic mass is 9.99. The zero-order valence-electron chi connectivity index (χ0n) is 55.2. The van der Waals surface area contributed by atoms with Crippen molar-refractivity contribution in [3.05, 3.63) is 24.3 Å². The second-order valence-electron chi connectivity index (χ2n) is 26.1. The Hall–Kier alpha value is -1.33. The standard InChI is InChI=1S/C74H143NO8/c1-3-5-7-9-11-13-15-17-19-21-23-25-27-29-30-31-32-33-34-35-36-37-38-40-42-44-46-48-50-52-54-56-58-60-62-64-70(78)75-67(66-82-74-73(81)72(80)71(79)69(65-76)83-74)68(77)63-61-59-57-55-53-51-49-47-45-43-41-39-28-26-24-22-20-18-16-14-12-10-8-6-4-2/h31-32,61,63,67-69,71-74,76-77,79-81H,3-30,33-60,62,64-66H2,1-2H3,(H,75,78)/b32-31-,63-61+. The van der Waals surface area contributed by atoms with E-state index in [0.717, 1.165) is 38.5 Å². The summed E-state index contributed by atoms with van der Waals surface area (Å²) >= 11 is 0. The number of carbonyl (C=O) groups is 1. The molecule has 1 aliphatic rings. The Bertz CT molecular complexity index is 1360. The van der Waals surface area contributed by atoms with Crippen LogP contribution in [0.2, 0.25) is 0 Å².